The van der Waals surface area contributed by atoms with Gasteiger partial charge in [-0.1, -0.05) is 12.1 Å². The first-order chi connectivity index (χ1) is 13.1. The van der Waals surface area contributed by atoms with Crippen LogP contribution in [0.25, 0.3) is 0 Å². The lowest BCUT2D eigenvalue weighted by atomic mass is 10.1. The van der Waals surface area contributed by atoms with Crippen molar-refractivity contribution in [3.63, 3.8) is 0 Å². The second-order valence-corrected chi connectivity index (χ2v) is 8.24. The summed E-state index contributed by atoms with van der Waals surface area (Å²) in [6, 6.07) is 5.70. The number of rotatable bonds is 6. The lowest BCUT2D eigenvalue weighted by Gasteiger charge is -2.22. The van der Waals surface area contributed by atoms with E-state index in [2.05, 4.69) is 46.6 Å². The van der Waals surface area contributed by atoms with Crippen LogP contribution in [0.15, 0.2) is 29.3 Å². The standard InChI is InChI=1S/C20H32F3N5/c1-19(2,3)26-11-10-25-18(24-4)27-17-9-12-28(14-17)13-15-5-7-16(8-6-15)20(21,22)23/h5-8,17,26H,9-14H2,1-4H3,(H2,24,25,27). The molecule has 0 saturated carbocycles. The molecule has 28 heavy (non-hydrogen) atoms. The van der Waals surface area contributed by atoms with Crippen LogP contribution in [0.2, 0.25) is 0 Å². The summed E-state index contributed by atoms with van der Waals surface area (Å²) in [5, 5.41) is 10.2. The van der Waals surface area contributed by atoms with Gasteiger partial charge in [-0.15, -0.1) is 0 Å². The summed E-state index contributed by atoms with van der Waals surface area (Å²) in [6.45, 7) is 10.4. The molecule has 158 valence electrons. The van der Waals surface area contributed by atoms with Crippen molar-refractivity contribution in [2.24, 2.45) is 4.99 Å². The molecule has 1 aliphatic rings. The van der Waals surface area contributed by atoms with Gasteiger partial charge in [0.15, 0.2) is 5.96 Å². The highest BCUT2D eigenvalue weighted by Crippen LogP contribution is 2.29. The van der Waals surface area contributed by atoms with Crippen LogP contribution < -0.4 is 16.0 Å². The minimum atomic E-state index is -4.29. The molecule has 0 amide bonds. The number of alkyl halides is 3. The predicted molar refractivity (Wildman–Crippen MR) is 107 cm³/mol. The van der Waals surface area contributed by atoms with E-state index < -0.39 is 11.7 Å². The Bertz CT molecular complexity index is 635. The number of benzene rings is 1. The lowest BCUT2D eigenvalue weighted by Crippen LogP contribution is -2.47. The summed E-state index contributed by atoms with van der Waals surface area (Å²) in [5.74, 6) is 0.775. The summed E-state index contributed by atoms with van der Waals surface area (Å²) in [5.41, 5.74) is 0.376. The van der Waals surface area contributed by atoms with Crippen LogP contribution >= 0.6 is 0 Å². The van der Waals surface area contributed by atoms with Crippen molar-refractivity contribution < 1.29 is 13.2 Å². The third-order valence-corrected chi connectivity index (χ3v) is 4.60. The Morgan fingerprint density at radius 2 is 1.82 bits per heavy atom. The second kappa shape index (κ2) is 9.60. The summed E-state index contributed by atoms with van der Waals surface area (Å²) in [7, 11) is 1.75. The Morgan fingerprint density at radius 1 is 1.14 bits per heavy atom. The van der Waals surface area contributed by atoms with Gasteiger partial charge in [-0.05, 0) is 44.9 Å². The summed E-state index contributed by atoms with van der Waals surface area (Å²) in [4.78, 5) is 6.51. The van der Waals surface area contributed by atoms with Crippen molar-refractivity contribution in [2.45, 2.75) is 51.5 Å². The van der Waals surface area contributed by atoms with Gasteiger partial charge in [0.2, 0.25) is 0 Å². The number of guanidine groups is 1. The Hall–Kier alpha value is -1.80. The number of hydrogen-bond donors (Lipinski definition) is 3. The number of halogens is 3. The molecule has 1 unspecified atom stereocenters. The highest BCUT2D eigenvalue weighted by Gasteiger charge is 2.30. The first-order valence-corrected chi connectivity index (χ1v) is 9.67. The lowest BCUT2D eigenvalue weighted by molar-refractivity contribution is -0.137. The van der Waals surface area contributed by atoms with Gasteiger partial charge in [0, 0.05) is 51.4 Å². The van der Waals surface area contributed by atoms with E-state index in [1.54, 1.807) is 19.2 Å². The highest BCUT2D eigenvalue weighted by atomic mass is 19.4. The van der Waals surface area contributed by atoms with Crippen LogP contribution in [0.3, 0.4) is 0 Å². The number of aliphatic imine (C=N–C) groups is 1. The van der Waals surface area contributed by atoms with Crippen LogP contribution in [0.5, 0.6) is 0 Å². The van der Waals surface area contributed by atoms with Gasteiger partial charge in [-0.3, -0.25) is 9.89 Å². The molecule has 1 atom stereocenters. The third kappa shape index (κ3) is 7.67. The van der Waals surface area contributed by atoms with Gasteiger partial charge in [-0.2, -0.15) is 13.2 Å². The summed E-state index contributed by atoms with van der Waals surface area (Å²) >= 11 is 0. The van der Waals surface area contributed by atoms with Gasteiger partial charge in [-0.25, -0.2) is 0 Å². The van der Waals surface area contributed by atoms with Gasteiger partial charge in [0.25, 0.3) is 0 Å². The average molecular weight is 400 g/mol. The van der Waals surface area contributed by atoms with E-state index in [0.29, 0.717) is 6.54 Å². The fraction of sp³-hybridized carbons (Fsp3) is 0.650. The molecule has 0 spiro atoms. The number of hydrogen-bond acceptors (Lipinski definition) is 3. The van der Waals surface area contributed by atoms with Gasteiger partial charge < -0.3 is 16.0 Å². The molecular formula is C20H32F3N5. The van der Waals surface area contributed by atoms with Crippen molar-refractivity contribution >= 4 is 5.96 Å². The molecule has 1 aromatic carbocycles. The normalized spacial score (nSPS) is 19.1. The van der Waals surface area contributed by atoms with Crippen molar-refractivity contribution in [1.82, 2.24) is 20.9 Å². The molecule has 8 heteroatoms. The summed E-state index contributed by atoms with van der Waals surface area (Å²) in [6.07, 6.45) is -3.31. The SMILES string of the molecule is CN=C(NCCNC(C)(C)C)NC1CCN(Cc2ccc(C(F)(F)F)cc2)C1. The first kappa shape index (κ1) is 22.5. The third-order valence-electron chi connectivity index (χ3n) is 4.60. The molecule has 5 nitrogen and oxygen atoms in total. The Morgan fingerprint density at radius 3 is 2.39 bits per heavy atom. The minimum Gasteiger partial charge on any atom is -0.355 e. The zero-order valence-electron chi connectivity index (χ0n) is 17.2. The monoisotopic (exact) mass is 399 g/mol. The maximum absolute atomic E-state index is 12.7. The Labute approximate surface area is 165 Å². The fourth-order valence-electron chi connectivity index (χ4n) is 3.16. The molecule has 0 aliphatic carbocycles. The van der Waals surface area contributed by atoms with Gasteiger partial charge in [0.05, 0.1) is 5.56 Å². The molecule has 3 N–H and O–H groups in total. The van der Waals surface area contributed by atoms with E-state index in [4.69, 9.17) is 0 Å². The maximum atomic E-state index is 12.7. The van der Waals surface area contributed by atoms with Crippen molar-refractivity contribution in [3.05, 3.63) is 35.4 Å². The van der Waals surface area contributed by atoms with E-state index in [-0.39, 0.29) is 11.6 Å². The molecule has 1 heterocycles. The summed E-state index contributed by atoms with van der Waals surface area (Å²) < 4.78 is 38.0. The molecule has 0 aromatic heterocycles. The number of nitrogens with one attached hydrogen (secondary N) is 3. The van der Waals surface area contributed by atoms with E-state index in [9.17, 15) is 13.2 Å². The average Bonchev–Trinajstić information content (AvgIpc) is 3.03. The maximum Gasteiger partial charge on any atom is 0.416 e. The van der Waals surface area contributed by atoms with E-state index in [0.717, 1.165) is 56.3 Å². The molecule has 1 aromatic rings. The fourth-order valence-corrected chi connectivity index (χ4v) is 3.16. The first-order valence-electron chi connectivity index (χ1n) is 9.67. The van der Waals surface area contributed by atoms with E-state index in [1.807, 2.05) is 0 Å². The topological polar surface area (TPSA) is 51.7 Å². The van der Waals surface area contributed by atoms with Crippen molar-refractivity contribution in [2.75, 3.05) is 33.2 Å². The number of likely N-dealkylation sites (tertiary alicyclic amines) is 1. The van der Waals surface area contributed by atoms with Gasteiger partial charge >= 0.3 is 6.18 Å². The molecule has 1 aliphatic heterocycles. The zero-order valence-corrected chi connectivity index (χ0v) is 17.2. The molecular weight excluding hydrogens is 367 g/mol. The smallest absolute Gasteiger partial charge is 0.355 e. The van der Waals surface area contributed by atoms with Crippen LogP contribution in [-0.4, -0.2) is 55.7 Å². The minimum absolute atomic E-state index is 0.0862. The molecule has 1 fully saturated rings. The van der Waals surface area contributed by atoms with Crippen LogP contribution in [0.1, 0.15) is 38.3 Å². The quantitative estimate of drug-likeness (QED) is 0.391. The number of nitrogens with zero attached hydrogens (tertiary/aromatic N) is 2. The Balaban J connectivity index is 1.75. The van der Waals surface area contributed by atoms with Crippen LogP contribution in [-0.2, 0) is 12.7 Å². The Kier molecular flexibility index (Phi) is 7.71. The van der Waals surface area contributed by atoms with Crippen molar-refractivity contribution in [1.29, 1.82) is 0 Å². The second-order valence-electron chi connectivity index (χ2n) is 8.24. The van der Waals surface area contributed by atoms with Gasteiger partial charge in [0.1, 0.15) is 0 Å². The van der Waals surface area contributed by atoms with Crippen LogP contribution in [0.4, 0.5) is 13.2 Å². The van der Waals surface area contributed by atoms with Crippen molar-refractivity contribution in [3.8, 4) is 0 Å². The predicted octanol–water partition coefficient (Wildman–Crippen LogP) is 2.83. The zero-order chi connectivity index (χ0) is 20.8. The van der Waals surface area contributed by atoms with E-state index in [1.165, 1.54) is 0 Å². The highest BCUT2D eigenvalue weighted by molar-refractivity contribution is 5.80. The molecule has 0 bridgehead atoms. The molecule has 2 rings (SSSR count). The molecule has 1 saturated heterocycles. The van der Waals surface area contributed by atoms with E-state index >= 15 is 0 Å². The largest absolute Gasteiger partial charge is 0.416 e. The van der Waals surface area contributed by atoms with Crippen LogP contribution in [0, 0.1) is 0 Å². The molecule has 0 radical (unpaired) electrons.